The third-order valence-electron chi connectivity index (χ3n) is 2.57. The first-order valence-electron chi connectivity index (χ1n) is 5.83. The Labute approximate surface area is 106 Å². The van der Waals surface area contributed by atoms with Gasteiger partial charge in [0.1, 0.15) is 23.0 Å². The van der Waals surface area contributed by atoms with Crippen molar-refractivity contribution < 1.29 is 15.3 Å². The highest BCUT2D eigenvalue weighted by Crippen LogP contribution is 2.15. The summed E-state index contributed by atoms with van der Waals surface area (Å²) in [4.78, 5) is 8.29. The van der Waals surface area contributed by atoms with Crippen LogP contribution in [0.2, 0.25) is 0 Å². The molecule has 0 radical (unpaired) electrons. The summed E-state index contributed by atoms with van der Waals surface area (Å²) >= 11 is 0. The number of nitrogen functional groups attached to an aromatic ring is 1. The number of aromatic nitrogens is 2. The molecule has 1 aromatic heterocycles. The van der Waals surface area contributed by atoms with Gasteiger partial charge in [0.15, 0.2) is 0 Å². The zero-order valence-corrected chi connectivity index (χ0v) is 10.4. The number of hydrogen-bond acceptors (Lipinski definition) is 7. The van der Waals surface area contributed by atoms with Crippen LogP contribution in [0.1, 0.15) is 19.2 Å². The van der Waals surface area contributed by atoms with Crippen molar-refractivity contribution >= 4 is 11.6 Å². The topological polar surface area (TPSA) is 125 Å². The maximum atomic E-state index is 9.22. The van der Waals surface area contributed by atoms with Gasteiger partial charge in [-0.2, -0.15) is 0 Å². The monoisotopic (exact) mass is 256 g/mol. The summed E-state index contributed by atoms with van der Waals surface area (Å²) in [7, 11) is 0. The van der Waals surface area contributed by atoms with Crippen LogP contribution in [0.5, 0.6) is 0 Å². The van der Waals surface area contributed by atoms with E-state index >= 15 is 0 Å². The smallest absolute Gasteiger partial charge is 0.133 e. The number of anilines is 2. The molecule has 1 heterocycles. The Hall–Kier alpha value is -1.44. The van der Waals surface area contributed by atoms with Gasteiger partial charge in [0.25, 0.3) is 0 Å². The lowest BCUT2D eigenvalue weighted by atomic mass is 10.0. The fourth-order valence-corrected chi connectivity index (χ4v) is 1.46. The Kier molecular flexibility index (Phi) is 5.26. The average Bonchev–Trinajstić information content (AvgIpc) is 2.36. The van der Waals surface area contributed by atoms with Gasteiger partial charge in [-0.1, -0.05) is 6.92 Å². The third kappa shape index (κ3) is 3.52. The summed E-state index contributed by atoms with van der Waals surface area (Å²) in [6.45, 7) is 0.728. The van der Waals surface area contributed by atoms with E-state index in [0.29, 0.717) is 23.9 Å². The fraction of sp³-hybridized carbons (Fsp3) is 0.636. The Morgan fingerprint density at radius 2 is 1.83 bits per heavy atom. The average molecular weight is 256 g/mol. The van der Waals surface area contributed by atoms with Gasteiger partial charge in [-0.3, -0.25) is 0 Å². The molecule has 102 valence electrons. The molecule has 1 aromatic rings. The Balaban J connectivity index is 2.95. The van der Waals surface area contributed by atoms with Crippen LogP contribution < -0.4 is 11.1 Å². The van der Waals surface area contributed by atoms with Gasteiger partial charge in [-0.25, -0.2) is 9.97 Å². The second-order valence-corrected chi connectivity index (χ2v) is 4.22. The van der Waals surface area contributed by atoms with E-state index in [1.807, 2.05) is 6.92 Å². The molecule has 0 atom stereocenters. The predicted octanol–water partition coefficient (Wildman–Crippen LogP) is -0.861. The number of nitrogens with two attached hydrogens (primary N) is 1. The largest absolute Gasteiger partial charge is 0.394 e. The molecule has 0 aliphatic heterocycles. The first kappa shape index (κ1) is 14.6. The minimum absolute atomic E-state index is 0.304. The maximum Gasteiger partial charge on any atom is 0.133 e. The third-order valence-corrected chi connectivity index (χ3v) is 2.57. The molecule has 0 aliphatic carbocycles. The van der Waals surface area contributed by atoms with E-state index in [0.717, 1.165) is 6.42 Å². The first-order valence-corrected chi connectivity index (χ1v) is 5.83. The summed E-state index contributed by atoms with van der Waals surface area (Å²) in [6.07, 6.45) is 1.57. The van der Waals surface area contributed by atoms with Gasteiger partial charge in [-0.15, -0.1) is 0 Å². The summed E-state index contributed by atoms with van der Waals surface area (Å²) in [6, 6.07) is 1.49. The zero-order chi connectivity index (χ0) is 13.6. The highest BCUT2D eigenvalue weighted by Gasteiger charge is 2.28. The molecule has 0 aliphatic rings. The van der Waals surface area contributed by atoms with Crippen LogP contribution in [0.4, 0.5) is 11.6 Å². The first-order chi connectivity index (χ1) is 8.59. The van der Waals surface area contributed by atoms with E-state index in [2.05, 4.69) is 15.3 Å². The molecule has 0 amide bonds. The fourth-order valence-electron chi connectivity index (χ4n) is 1.46. The molecule has 0 unspecified atom stereocenters. The normalized spacial score (nSPS) is 11.6. The lowest BCUT2D eigenvalue weighted by Crippen LogP contribution is -2.49. The van der Waals surface area contributed by atoms with Gasteiger partial charge in [0.2, 0.25) is 0 Å². The molecule has 1 rings (SSSR count). The van der Waals surface area contributed by atoms with Crippen molar-refractivity contribution in [1.82, 2.24) is 9.97 Å². The number of rotatable bonds is 7. The quantitative estimate of drug-likeness (QED) is 0.430. The summed E-state index contributed by atoms with van der Waals surface area (Å²) in [5.74, 6) is 1.27. The van der Waals surface area contributed by atoms with Crippen molar-refractivity contribution in [3.05, 3.63) is 11.9 Å². The Morgan fingerprint density at radius 1 is 1.22 bits per heavy atom. The van der Waals surface area contributed by atoms with E-state index in [-0.39, 0.29) is 0 Å². The Morgan fingerprint density at radius 3 is 2.33 bits per heavy atom. The molecule has 0 fully saturated rings. The molecule has 7 heteroatoms. The van der Waals surface area contributed by atoms with E-state index in [1.54, 1.807) is 0 Å². The van der Waals surface area contributed by atoms with E-state index in [4.69, 9.17) is 5.73 Å². The van der Waals surface area contributed by atoms with Crippen LogP contribution in [0.15, 0.2) is 6.07 Å². The molecule has 0 saturated heterocycles. The van der Waals surface area contributed by atoms with Gasteiger partial charge < -0.3 is 26.4 Å². The standard InChI is InChI=1S/C11H20N4O3/c1-2-3-9-13-8(12)4-10(14-9)15-11(5-16,6-17)7-18/h4,16-18H,2-3,5-7H2,1H3,(H3,12,13,14,15). The number of nitrogens with one attached hydrogen (secondary N) is 1. The molecule has 0 saturated carbocycles. The molecule has 0 bridgehead atoms. The van der Waals surface area contributed by atoms with E-state index in [9.17, 15) is 15.3 Å². The van der Waals surface area contributed by atoms with E-state index in [1.165, 1.54) is 6.07 Å². The van der Waals surface area contributed by atoms with Gasteiger partial charge in [-0.05, 0) is 6.42 Å². The lowest BCUT2D eigenvalue weighted by molar-refractivity contribution is 0.0831. The number of nitrogens with zero attached hydrogens (tertiary/aromatic N) is 2. The van der Waals surface area contributed by atoms with Gasteiger partial charge in [0, 0.05) is 12.5 Å². The summed E-state index contributed by atoms with van der Waals surface area (Å²) in [5, 5.41) is 30.5. The second-order valence-electron chi connectivity index (χ2n) is 4.22. The molecular formula is C11H20N4O3. The van der Waals surface area contributed by atoms with Crippen LogP contribution in [-0.2, 0) is 6.42 Å². The summed E-state index contributed by atoms with van der Waals surface area (Å²) in [5.41, 5.74) is 4.44. The van der Waals surface area contributed by atoms with Gasteiger partial charge in [0.05, 0.1) is 19.8 Å². The van der Waals surface area contributed by atoms with Crippen molar-refractivity contribution in [3.63, 3.8) is 0 Å². The minimum Gasteiger partial charge on any atom is -0.394 e. The SMILES string of the molecule is CCCc1nc(N)cc(NC(CO)(CO)CO)n1. The second kappa shape index (κ2) is 6.48. The van der Waals surface area contributed by atoms with Crippen LogP contribution in [-0.4, -0.2) is 50.6 Å². The maximum absolute atomic E-state index is 9.22. The van der Waals surface area contributed by atoms with Crippen molar-refractivity contribution in [1.29, 1.82) is 0 Å². The van der Waals surface area contributed by atoms with Crippen molar-refractivity contribution in [2.24, 2.45) is 0 Å². The zero-order valence-electron chi connectivity index (χ0n) is 10.4. The molecule has 0 spiro atoms. The number of aliphatic hydroxyl groups is 3. The number of hydrogen-bond donors (Lipinski definition) is 5. The lowest BCUT2D eigenvalue weighted by Gasteiger charge is -2.29. The van der Waals surface area contributed by atoms with Crippen LogP contribution in [0, 0.1) is 0 Å². The number of aryl methyl sites for hydroxylation is 1. The predicted molar refractivity (Wildman–Crippen MR) is 68.1 cm³/mol. The van der Waals surface area contributed by atoms with Crippen LogP contribution in [0.3, 0.4) is 0 Å². The van der Waals surface area contributed by atoms with Crippen molar-refractivity contribution in [2.45, 2.75) is 25.3 Å². The van der Waals surface area contributed by atoms with Crippen molar-refractivity contribution in [2.75, 3.05) is 30.9 Å². The van der Waals surface area contributed by atoms with Crippen LogP contribution >= 0.6 is 0 Å². The summed E-state index contributed by atoms with van der Waals surface area (Å²) < 4.78 is 0. The molecule has 18 heavy (non-hydrogen) atoms. The Bertz CT molecular complexity index is 374. The van der Waals surface area contributed by atoms with Crippen molar-refractivity contribution in [3.8, 4) is 0 Å². The minimum atomic E-state index is -1.22. The van der Waals surface area contributed by atoms with Gasteiger partial charge >= 0.3 is 0 Å². The molecular weight excluding hydrogens is 236 g/mol. The molecule has 6 N–H and O–H groups in total. The highest BCUT2D eigenvalue weighted by atomic mass is 16.3. The van der Waals surface area contributed by atoms with Crippen LogP contribution in [0.25, 0.3) is 0 Å². The highest BCUT2D eigenvalue weighted by molar-refractivity contribution is 5.46. The van der Waals surface area contributed by atoms with E-state index < -0.39 is 25.4 Å². The molecule has 7 nitrogen and oxygen atoms in total. The number of aliphatic hydroxyl groups excluding tert-OH is 3. The molecule has 0 aromatic carbocycles.